The third kappa shape index (κ3) is 5.67. The summed E-state index contributed by atoms with van der Waals surface area (Å²) in [7, 11) is 3.59. The highest BCUT2D eigenvalue weighted by molar-refractivity contribution is 5.86. The van der Waals surface area contributed by atoms with Crippen LogP contribution in [0.1, 0.15) is 17.0 Å². The van der Waals surface area contributed by atoms with Gasteiger partial charge in [-0.15, -0.1) is 15.0 Å². The van der Waals surface area contributed by atoms with Gasteiger partial charge in [-0.25, -0.2) is 0 Å². The lowest BCUT2D eigenvalue weighted by molar-refractivity contribution is -0.129. The molecule has 0 spiro atoms. The molecule has 27 heavy (non-hydrogen) atoms. The van der Waals surface area contributed by atoms with Gasteiger partial charge >= 0.3 is 18.0 Å². The van der Waals surface area contributed by atoms with E-state index in [1.165, 1.54) is 0 Å². The number of rotatable bonds is 3. The molecule has 8 heteroatoms. The molecule has 0 saturated heterocycles. The summed E-state index contributed by atoms with van der Waals surface area (Å²) in [6.45, 7) is 0. The highest BCUT2D eigenvalue weighted by Gasteiger charge is 2.23. The number of amides is 1. The number of likely N-dealkylation sites (N-methyl/N-ethyl adjacent to an activating group) is 1. The average Bonchev–Trinajstić information content (AvgIpc) is 2.63. The first-order valence-corrected chi connectivity index (χ1v) is 8.02. The van der Waals surface area contributed by atoms with Gasteiger partial charge in [0.25, 0.3) is 0 Å². The second-order valence-electron chi connectivity index (χ2n) is 5.72. The minimum Gasteiger partial charge on any atom is -0.479 e. The predicted octanol–water partition coefficient (Wildman–Crippen LogP) is 1.90. The molecular formula is C19H20N4O4. The average molecular weight is 368 g/mol. The van der Waals surface area contributed by atoms with Gasteiger partial charge in [0.2, 0.25) is 5.91 Å². The van der Waals surface area contributed by atoms with Gasteiger partial charge in [-0.05, 0) is 11.1 Å². The Kier molecular flexibility index (Phi) is 6.65. The van der Waals surface area contributed by atoms with Gasteiger partial charge in [-0.1, -0.05) is 60.7 Å². The molecule has 0 radical (unpaired) electrons. The van der Waals surface area contributed by atoms with Crippen LogP contribution in [0.3, 0.4) is 0 Å². The lowest BCUT2D eigenvalue weighted by Crippen LogP contribution is -2.28. The zero-order valence-corrected chi connectivity index (χ0v) is 14.9. The number of hydrogen-bond acceptors (Lipinski definition) is 7. The zero-order chi connectivity index (χ0) is 19.8. The Balaban J connectivity index is 0.000000244. The summed E-state index contributed by atoms with van der Waals surface area (Å²) in [5.41, 5.74) is 2.06. The van der Waals surface area contributed by atoms with E-state index in [4.69, 9.17) is 15.3 Å². The molecule has 0 saturated carbocycles. The van der Waals surface area contributed by atoms with E-state index in [1.54, 1.807) is 19.0 Å². The van der Waals surface area contributed by atoms with Crippen molar-refractivity contribution in [2.45, 2.75) is 5.92 Å². The lowest BCUT2D eigenvalue weighted by atomic mass is 9.90. The highest BCUT2D eigenvalue weighted by Crippen LogP contribution is 2.25. The summed E-state index contributed by atoms with van der Waals surface area (Å²) in [6.07, 6.45) is 0. The largest absolute Gasteiger partial charge is 0.479 e. The lowest BCUT2D eigenvalue weighted by Gasteiger charge is -2.21. The number of benzene rings is 2. The van der Waals surface area contributed by atoms with Crippen molar-refractivity contribution in [2.24, 2.45) is 0 Å². The van der Waals surface area contributed by atoms with Crippen molar-refractivity contribution in [1.29, 1.82) is 0 Å². The van der Waals surface area contributed by atoms with Crippen LogP contribution < -0.4 is 0 Å². The van der Waals surface area contributed by atoms with Gasteiger partial charge in [0, 0.05) is 14.1 Å². The van der Waals surface area contributed by atoms with E-state index in [9.17, 15) is 4.79 Å². The number of hydrogen-bond donors (Lipinski definition) is 3. The maximum atomic E-state index is 12.4. The van der Waals surface area contributed by atoms with Gasteiger partial charge < -0.3 is 20.2 Å². The fourth-order valence-electron chi connectivity index (χ4n) is 2.37. The smallest absolute Gasteiger partial charge is 0.323 e. The van der Waals surface area contributed by atoms with E-state index < -0.39 is 18.0 Å². The number of aromatic hydroxyl groups is 3. The van der Waals surface area contributed by atoms with Crippen LogP contribution in [-0.2, 0) is 4.79 Å². The first-order chi connectivity index (χ1) is 12.9. The summed E-state index contributed by atoms with van der Waals surface area (Å²) in [5.74, 6) is -0.116. The van der Waals surface area contributed by atoms with Crippen LogP contribution in [0.15, 0.2) is 60.7 Å². The number of aromatic nitrogens is 3. The Hall–Kier alpha value is -3.68. The van der Waals surface area contributed by atoms with Gasteiger partial charge in [-0.2, -0.15) is 0 Å². The van der Waals surface area contributed by atoms with Crippen LogP contribution in [0.2, 0.25) is 0 Å². The second kappa shape index (κ2) is 9.14. The van der Waals surface area contributed by atoms with Crippen molar-refractivity contribution in [3.05, 3.63) is 71.8 Å². The summed E-state index contributed by atoms with van der Waals surface area (Å²) < 4.78 is 0. The summed E-state index contributed by atoms with van der Waals surface area (Å²) >= 11 is 0. The molecule has 0 unspecified atom stereocenters. The summed E-state index contributed by atoms with van der Waals surface area (Å²) in [6, 6.07) is 17.7. The van der Waals surface area contributed by atoms with Crippen molar-refractivity contribution in [2.75, 3.05) is 14.1 Å². The van der Waals surface area contributed by atoms with Crippen LogP contribution in [-0.4, -0.2) is 55.2 Å². The quantitative estimate of drug-likeness (QED) is 0.646. The molecule has 0 aliphatic rings. The normalized spacial score (nSPS) is 10.0. The summed E-state index contributed by atoms with van der Waals surface area (Å²) in [4.78, 5) is 22.9. The molecule has 1 heterocycles. The first-order valence-electron chi connectivity index (χ1n) is 8.02. The molecule has 8 nitrogen and oxygen atoms in total. The monoisotopic (exact) mass is 368 g/mol. The Labute approximate surface area is 156 Å². The zero-order valence-electron chi connectivity index (χ0n) is 14.9. The minimum atomic E-state index is -0.708. The Bertz CT molecular complexity index is 783. The van der Waals surface area contributed by atoms with Gasteiger partial charge in [-0.3, -0.25) is 4.79 Å². The van der Waals surface area contributed by atoms with Crippen LogP contribution in [0.4, 0.5) is 0 Å². The Morgan fingerprint density at radius 3 is 1.37 bits per heavy atom. The fourth-order valence-corrected chi connectivity index (χ4v) is 2.37. The van der Waals surface area contributed by atoms with Crippen molar-refractivity contribution in [3.63, 3.8) is 0 Å². The molecule has 3 N–H and O–H groups in total. The van der Waals surface area contributed by atoms with Gasteiger partial charge in [0.05, 0.1) is 5.92 Å². The molecule has 1 aromatic heterocycles. The number of carbonyl (C=O) groups is 1. The Morgan fingerprint density at radius 1 is 0.741 bits per heavy atom. The maximum Gasteiger partial charge on any atom is 0.323 e. The molecule has 140 valence electrons. The number of carbonyl (C=O) groups excluding carboxylic acids is 1. The van der Waals surface area contributed by atoms with Crippen molar-refractivity contribution < 1.29 is 20.1 Å². The SMILES string of the molecule is CN(C)C(=O)C(c1ccccc1)c1ccccc1.Oc1nc(O)nc(O)n1. The van der Waals surface area contributed by atoms with E-state index in [2.05, 4.69) is 15.0 Å². The van der Waals surface area contributed by atoms with Crippen LogP contribution in [0, 0.1) is 0 Å². The van der Waals surface area contributed by atoms with Crippen molar-refractivity contribution in [3.8, 4) is 18.0 Å². The maximum absolute atomic E-state index is 12.4. The van der Waals surface area contributed by atoms with Crippen LogP contribution >= 0.6 is 0 Å². The van der Waals surface area contributed by atoms with E-state index in [-0.39, 0.29) is 11.8 Å². The molecule has 3 aromatic rings. The third-order valence-electron chi connectivity index (χ3n) is 3.55. The predicted molar refractivity (Wildman–Crippen MR) is 98.2 cm³/mol. The molecule has 0 aliphatic carbocycles. The molecule has 0 aliphatic heterocycles. The minimum absolute atomic E-state index is 0.104. The Morgan fingerprint density at radius 2 is 1.07 bits per heavy atom. The van der Waals surface area contributed by atoms with Crippen LogP contribution in [0.5, 0.6) is 18.0 Å². The van der Waals surface area contributed by atoms with E-state index in [0.717, 1.165) is 11.1 Å². The molecule has 3 rings (SSSR count). The molecule has 1 amide bonds. The van der Waals surface area contributed by atoms with Crippen LogP contribution in [0.25, 0.3) is 0 Å². The van der Waals surface area contributed by atoms with E-state index in [0.29, 0.717) is 0 Å². The molecule has 0 bridgehead atoms. The van der Waals surface area contributed by atoms with Crippen molar-refractivity contribution in [1.82, 2.24) is 19.9 Å². The topological polar surface area (TPSA) is 120 Å². The molecular weight excluding hydrogens is 348 g/mol. The fraction of sp³-hybridized carbons (Fsp3) is 0.158. The third-order valence-corrected chi connectivity index (χ3v) is 3.55. The second-order valence-corrected chi connectivity index (χ2v) is 5.72. The molecule has 0 atom stereocenters. The van der Waals surface area contributed by atoms with Gasteiger partial charge in [0.15, 0.2) is 0 Å². The first kappa shape index (κ1) is 19.6. The summed E-state index contributed by atoms with van der Waals surface area (Å²) in [5, 5.41) is 25.2. The van der Waals surface area contributed by atoms with E-state index in [1.807, 2.05) is 60.7 Å². The van der Waals surface area contributed by atoms with Gasteiger partial charge in [0.1, 0.15) is 0 Å². The molecule has 0 fully saturated rings. The van der Waals surface area contributed by atoms with Crippen molar-refractivity contribution >= 4 is 5.91 Å². The number of nitrogens with zero attached hydrogens (tertiary/aromatic N) is 4. The molecule has 2 aromatic carbocycles. The highest BCUT2D eigenvalue weighted by atomic mass is 16.3. The standard InChI is InChI=1S/C16H17NO.C3H3N3O3/c1-17(2)16(18)15(13-9-5-3-6-10-13)14-11-7-4-8-12-14;7-1-4-2(8)6-3(9)5-1/h3-12,15H,1-2H3;(H3,4,5,6,7,8,9). The van der Waals surface area contributed by atoms with E-state index >= 15 is 0 Å².